The second-order valence-electron chi connectivity index (χ2n) is 3.55. The summed E-state index contributed by atoms with van der Waals surface area (Å²) in [4.78, 5) is 0. The molecular weight excluding hydrogens is 257 g/mol. The largest absolute Gasteiger partial charge is 0.455 e. The quantitative estimate of drug-likeness (QED) is 0.818. The molecular formula is C13H13Cl2NO. The van der Waals surface area contributed by atoms with E-state index in [1.807, 2.05) is 43.3 Å². The van der Waals surface area contributed by atoms with Gasteiger partial charge in [0.25, 0.3) is 0 Å². The van der Waals surface area contributed by atoms with Crippen molar-refractivity contribution in [3.05, 3.63) is 53.1 Å². The molecule has 2 aromatic rings. The van der Waals surface area contributed by atoms with Gasteiger partial charge in [0.15, 0.2) is 0 Å². The minimum absolute atomic E-state index is 0. The van der Waals surface area contributed by atoms with Gasteiger partial charge in [-0.25, -0.2) is 0 Å². The fourth-order valence-corrected chi connectivity index (χ4v) is 1.50. The van der Waals surface area contributed by atoms with Gasteiger partial charge in [0.05, 0.1) is 5.69 Å². The number of anilines is 1. The molecule has 0 aliphatic rings. The molecule has 0 saturated heterocycles. The first-order chi connectivity index (χ1) is 7.66. The molecule has 4 heteroatoms. The highest BCUT2D eigenvalue weighted by Gasteiger charge is 2.02. The summed E-state index contributed by atoms with van der Waals surface area (Å²) in [6.07, 6.45) is 0. The molecule has 2 aromatic carbocycles. The van der Waals surface area contributed by atoms with E-state index in [4.69, 9.17) is 22.1 Å². The third-order valence-corrected chi connectivity index (χ3v) is 2.70. The molecule has 2 nitrogen and oxygen atoms in total. The van der Waals surface area contributed by atoms with Gasteiger partial charge in [-0.2, -0.15) is 0 Å². The van der Waals surface area contributed by atoms with Crippen molar-refractivity contribution in [3.8, 4) is 11.5 Å². The molecule has 17 heavy (non-hydrogen) atoms. The number of benzene rings is 2. The van der Waals surface area contributed by atoms with E-state index in [0.29, 0.717) is 11.4 Å². The summed E-state index contributed by atoms with van der Waals surface area (Å²) in [7, 11) is 0. The van der Waals surface area contributed by atoms with Gasteiger partial charge in [0.1, 0.15) is 11.5 Å². The molecule has 0 heterocycles. The van der Waals surface area contributed by atoms with Crippen LogP contribution in [0.15, 0.2) is 42.5 Å². The number of nitrogen functional groups attached to an aromatic ring is 1. The molecule has 0 spiro atoms. The molecule has 0 unspecified atom stereocenters. The Bertz CT molecular complexity index is 515. The Kier molecular flexibility index (Phi) is 4.67. The Morgan fingerprint density at radius 2 is 1.82 bits per heavy atom. The van der Waals surface area contributed by atoms with Crippen LogP contribution in [0, 0.1) is 6.92 Å². The van der Waals surface area contributed by atoms with Gasteiger partial charge in [0, 0.05) is 5.02 Å². The van der Waals surface area contributed by atoms with Crippen LogP contribution in [0.5, 0.6) is 11.5 Å². The lowest BCUT2D eigenvalue weighted by Crippen LogP contribution is -1.91. The molecule has 2 N–H and O–H groups in total. The zero-order chi connectivity index (χ0) is 11.5. The standard InChI is InChI=1S/C13H12ClNO.ClH/c1-9-8-10(6-7-11(9)14)16-13-5-3-2-4-12(13)15;/h2-8H,15H2,1H3;1H. The van der Waals surface area contributed by atoms with Crippen LogP contribution in [0.1, 0.15) is 5.56 Å². The van der Waals surface area contributed by atoms with E-state index in [0.717, 1.165) is 16.3 Å². The van der Waals surface area contributed by atoms with Crippen molar-refractivity contribution in [3.63, 3.8) is 0 Å². The lowest BCUT2D eigenvalue weighted by atomic mass is 10.2. The predicted octanol–water partition coefficient (Wildman–Crippen LogP) is 4.44. The topological polar surface area (TPSA) is 35.2 Å². The van der Waals surface area contributed by atoms with E-state index in [9.17, 15) is 0 Å². The zero-order valence-corrected chi connectivity index (χ0v) is 10.9. The molecule has 90 valence electrons. The summed E-state index contributed by atoms with van der Waals surface area (Å²) < 4.78 is 5.66. The number of aryl methyl sites for hydroxylation is 1. The first-order valence-corrected chi connectivity index (χ1v) is 5.33. The highest BCUT2D eigenvalue weighted by atomic mass is 35.5. The monoisotopic (exact) mass is 269 g/mol. The van der Waals surface area contributed by atoms with E-state index in [2.05, 4.69) is 0 Å². The molecule has 0 aromatic heterocycles. The van der Waals surface area contributed by atoms with E-state index < -0.39 is 0 Å². The Balaban J connectivity index is 0.00000144. The first-order valence-electron chi connectivity index (χ1n) is 4.95. The Morgan fingerprint density at radius 1 is 1.12 bits per heavy atom. The minimum atomic E-state index is 0. The lowest BCUT2D eigenvalue weighted by molar-refractivity contribution is 0.484. The summed E-state index contributed by atoms with van der Waals surface area (Å²) in [6, 6.07) is 12.9. The highest BCUT2D eigenvalue weighted by Crippen LogP contribution is 2.29. The van der Waals surface area contributed by atoms with Crippen LogP contribution in [0.25, 0.3) is 0 Å². The summed E-state index contributed by atoms with van der Waals surface area (Å²) in [6.45, 7) is 1.93. The smallest absolute Gasteiger partial charge is 0.150 e. The predicted molar refractivity (Wildman–Crippen MR) is 74.4 cm³/mol. The number of rotatable bonds is 2. The number of nitrogens with two attached hydrogens (primary N) is 1. The van der Waals surface area contributed by atoms with E-state index >= 15 is 0 Å². The SMILES string of the molecule is Cc1cc(Oc2ccccc2N)ccc1Cl.Cl. The van der Waals surface area contributed by atoms with E-state index in [1.165, 1.54) is 0 Å². The van der Waals surface area contributed by atoms with Gasteiger partial charge in [0.2, 0.25) is 0 Å². The highest BCUT2D eigenvalue weighted by molar-refractivity contribution is 6.31. The average molecular weight is 270 g/mol. The fourth-order valence-electron chi connectivity index (χ4n) is 1.38. The maximum absolute atomic E-state index is 5.93. The molecule has 0 aliphatic carbocycles. The van der Waals surface area contributed by atoms with E-state index in [-0.39, 0.29) is 12.4 Å². The number of hydrogen-bond donors (Lipinski definition) is 1. The Labute approximate surface area is 112 Å². The Morgan fingerprint density at radius 3 is 2.47 bits per heavy atom. The van der Waals surface area contributed by atoms with E-state index in [1.54, 1.807) is 6.07 Å². The van der Waals surface area contributed by atoms with Crippen LogP contribution in [-0.4, -0.2) is 0 Å². The maximum Gasteiger partial charge on any atom is 0.150 e. The average Bonchev–Trinajstić information content (AvgIpc) is 2.27. The van der Waals surface area contributed by atoms with Crippen molar-refractivity contribution in [2.24, 2.45) is 0 Å². The maximum atomic E-state index is 5.93. The lowest BCUT2D eigenvalue weighted by Gasteiger charge is -2.09. The van der Waals surface area contributed by atoms with Gasteiger partial charge >= 0.3 is 0 Å². The first kappa shape index (κ1) is 13.7. The van der Waals surface area contributed by atoms with Crippen LogP contribution in [0.4, 0.5) is 5.69 Å². The third kappa shape index (κ3) is 3.29. The fraction of sp³-hybridized carbons (Fsp3) is 0.0769. The van der Waals surface area contributed by atoms with Crippen molar-refractivity contribution in [1.29, 1.82) is 0 Å². The molecule has 0 fully saturated rings. The molecule has 2 rings (SSSR count). The molecule has 0 amide bonds. The normalized spacial score (nSPS) is 9.53. The third-order valence-electron chi connectivity index (χ3n) is 2.28. The molecule has 0 aliphatic heterocycles. The molecule has 0 radical (unpaired) electrons. The van der Waals surface area contributed by atoms with Gasteiger partial charge in [-0.15, -0.1) is 12.4 Å². The van der Waals surface area contributed by atoms with Crippen LogP contribution in [0.2, 0.25) is 5.02 Å². The second kappa shape index (κ2) is 5.80. The summed E-state index contributed by atoms with van der Waals surface area (Å²) in [5, 5.41) is 0.730. The number of ether oxygens (including phenoxy) is 1. The minimum Gasteiger partial charge on any atom is -0.455 e. The summed E-state index contributed by atoms with van der Waals surface area (Å²) in [5.41, 5.74) is 7.39. The van der Waals surface area contributed by atoms with Gasteiger partial charge in [-0.05, 0) is 42.8 Å². The van der Waals surface area contributed by atoms with Crippen LogP contribution >= 0.6 is 24.0 Å². The number of para-hydroxylation sites is 2. The Hall–Kier alpha value is -1.38. The molecule has 0 atom stereocenters. The van der Waals surface area contributed by atoms with Crippen molar-refractivity contribution in [2.75, 3.05) is 5.73 Å². The van der Waals surface area contributed by atoms with Crippen molar-refractivity contribution in [2.45, 2.75) is 6.92 Å². The van der Waals surface area contributed by atoms with Crippen molar-refractivity contribution in [1.82, 2.24) is 0 Å². The van der Waals surface area contributed by atoms with Crippen LogP contribution in [0.3, 0.4) is 0 Å². The second-order valence-corrected chi connectivity index (χ2v) is 3.96. The zero-order valence-electron chi connectivity index (χ0n) is 9.31. The number of halogens is 2. The summed E-state index contributed by atoms with van der Waals surface area (Å²) >= 11 is 5.93. The molecule has 0 saturated carbocycles. The van der Waals surface area contributed by atoms with Gasteiger partial charge < -0.3 is 10.5 Å². The summed E-state index contributed by atoms with van der Waals surface area (Å²) in [5.74, 6) is 1.39. The van der Waals surface area contributed by atoms with Crippen LogP contribution in [-0.2, 0) is 0 Å². The van der Waals surface area contributed by atoms with Crippen LogP contribution < -0.4 is 10.5 Å². The van der Waals surface area contributed by atoms with Crippen molar-refractivity contribution >= 4 is 29.7 Å². The molecule has 0 bridgehead atoms. The van der Waals surface area contributed by atoms with Gasteiger partial charge in [-0.1, -0.05) is 23.7 Å². The van der Waals surface area contributed by atoms with Gasteiger partial charge in [-0.3, -0.25) is 0 Å². The van der Waals surface area contributed by atoms with Crippen molar-refractivity contribution < 1.29 is 4.74 Å². The number of hydrogen-bond acceptors (Lipinski definition) is 2.